The van der Waals surface area contributed by atoms with Gasteiger partial charge in [-0.05, 0) is 75.2 Å². The molecule has 4 aliphatic carbocycles. The predicted octanol–water partition coefficient (Wildman–Crippen LogP) is 5.56. The van der Waals surface area contributed by atoms with Crippen LogP contribution in [0.2, 0.25) is 0 Å². The lowest BCUT2D eigenvalue weighted by molar-refractivity contribution is -0.317. The van der Waals surface area contributed by atoms with Crippen LogP contribution in [0.25, 0.3) is 0 Å². The lowest BCUT2D eigenvalue weighted by Gasteiger charge is -2.63. The molecule has 0 aromatic carbocycles. The van der Waals surface area contributed by atoms with Gasteiger partial charge < -0.3 is 19.3 Å². The second-order valence-corrected chi connectivity index (χ2v) is 14.9. The van der Waals surface area contributed by atoms with Crippen molar-refractivity contribution in [2.75, 3.05) is 7.11 Å². The van der Waals surface area contributed by atoms with E-state index in [1.165, 1.54) is 0 Å². The van der Waals surface area contributed by atoms with Crippen molar-refractivity contribution in [2.45, 2.75) is 105 Å². The van der Waals surface area contributed by atoms with Gasteiger partial charge in [0, 0.05) is 31.3 Å². The fourth-order valence-electron chi connectivity index (χ4n) is 10.5. The molecular weight excluding hydrogens is 468 g/mol. The monoisotopic (exact) mass is 512 g/mol. The van der Waals surface area contributed by atoms with Crippen LogP contribution in [0.5, 0.6) is 0 Å². The Hall–Kier alpha value is -1.50. The Bertz CT molecular complexity index is 1150. The van der Waals surface area contributed by atoms with Crippen LogP contribution in [0.4, 0.5) is 0 Å². The Morgan fingerprint density at radius 1 is 1.03 bits per heavy atom. The summed E-state index contributed by atoms with van der Waals surface area (Å²) >= 11 is 0. The molecule has 0 aromatic rings. The normalized spacial score (nSPS) is 53.3. The first-order valence-corrected chi connectivity index (χ1v) is 14.1. The molecule has 0 aromatic heterocycles. The maximum atomic E-state index is 14.4. The summed E-state index contributed by atoms with van der Waals surface area (Å²) in [4.78, 5) is 27.3. The van der Waals surface area contributed by atoms with E-state index in [0.29, 0.717) is 12.8 Å². The third-order valence-corrected chi connectivity index (χ3v) is 12.4. The lowest BCUT2D eigenvalue weighted by atomic mass is 9.39. The molecule has 37 heavy (non-hydrogen) atoms. The van der Waals surface area contributed by atoms with E-state index >= 15 is 0 Å². The Labute approximate surface area is 221 Å². The average Bonchev–Trinajstić information content (AvgIpc) is 3.20. The average molecular weight is 513 g/mol. The van der Waals surface area contributed by atoms with Gasteiger partial charge in [-0.2, -0.15) is 0 Å². The number of allylic oxidation sites excluding steroid dienone is 4. The summed E-state index contributed by atoms with van der Waals surface area (Å²) in [7, 11) is 1.73. The quantitative estimate of drug-likeness (QED) is 0.464. The van der Waals surface area contributed by atoms with Crippen LogP contribution in [0, 0.1) is 45.3 Å². The number of carbonyl (C=O) groups excluding carboxylic acids is 2. The number of Topliss-reactive ketones (excluding diaryl/α,β-unsaturated/α-hetero) is 2. The molecule has 1 N–H and O–H groups in total. The first-order chi connectivity index (χ1) is 17.0. The fraction of sp³-hybridized carbons (Fsp3) is 0.806. The molecule has 0 spiro atoms. The van der Waals surface area contributed by atoms with Crippen LogP contribution in [0.3, 0.4) is 0 Å². The summed E-state index contributed by atoms with van der Waals surface area (Å²) in [5.41, 5.74) is -1.27. The SMILES string of the molecule is COC12CC(C)(C)OC1C(C)C1C(CC3(C)C4CC=C5C(C=C(O)C(=O)C5(C)C)C4(C)C(=O)CC13C)O2. The molecule has 204 valence electrons. The van der Waals surface area contributed by atoms with E-state index in [0.717, 1.165) is 18.4 Å². The Balaban J connectivity index is 1.45. The van der Waals surface area contributed by atoms with Crippen molar-refractivity contribution in [1.82, 2.24) is 0 Å². The second kappa shape index (κ2) is 7.17. The van der Waals surface area contributed by atoms with Gasteiger partial charge in [-0.1, -0.05) is 39.3 Å². The molecule has 10 atom stereocenters. The van der Waals surface area contributed by atoms with Crippen molar-refractivity contribution >= 4 is 11.6 Å². The molecular formula is C31H44O6. The first-order valence-electron chi connectivity index (χ1n) is 14.1. The van der Waals surface area contributed by atoms with Crippen molar-refractivity contribution < 1.29 is 28.9 Å². The summed E-state index contributed by atoms with van der Waals surface area (Å²) in [5, 5.41) is 10.7. The molecule has 0 radical (unpaired) electrons. The molecule has 2 saturated heterocycles. The number of carbonyl (C=O) groups is 2. The number of ketones is 2. The first kappa shape index (κ1) is 25.8. The highest BCUT2D eigenvalue weighted by atomic mass is 16.7. The van der Waals surface area contributed by atoms with Crippen LogP contribution in [-0.4, -0.2) is 47.4 Å². The van der Waals surface area contributed by atoms with Gasteiger partial charge in [0.15, 0.2) is 11.5 Å². The van der Waals surface area contributed by atoms with E-state index in [-0.39, 0.29) is 69.6 Å². The van der Waals surface area contributed by atoms with Crippen LogP contribution < -0.4 is 0 Å². The number of aliphatic hydroxyl groups is 1. The maximum absolute atomic E-state index is 14.4. The molecule has 6 aliphatic rings. The molecule has 4 fully saturated rings. The number of aliphatic hydroxyl groups excluding tert-OH is 1. The van der Waals surface area contributed by atoms with Crippen LogP contribution in [0.15, 0.2) is 23.5 Å². The maximum Gasteiger partial charge on any atom is 0.206 e. The Kier molecular flexibility index (Phi) is 4.99. The van der Waals surface area contributed by atoms with Gasteiger partial charge in [0.25, 0.3) is 0 Å². The van der Waals surface area contributed by atoms with Gasteiger partial charge >= 0.3 is 0 Å². The molecule has 2 aliphatic heterocycles. The van der Waals surface area contributed by atoms with E-state index in [1.54, 1.807) is 13.2 Å². The van der Waals surface area contributed by atoms with Crippen LogP contribution in [0.1, 0.15) is 81.1 Å². The highest BCUT2D eigenvalue weighted by Gasteiger charge is 2.76. The number of hydrogen-bond donors (Lipinski definition) is 1. The van der Waals surface area contributed by atoms with E-state index in [2.05, 4.69) is 47.6 Å². The van der Waals surface area contributed by atoms with E-state index in [9.17, 15) is 14.7 Å². The summed E-state index contributed by atoms with van der Waals surface area (Å²) in [6.07, 6.45) is 6.45. The molecule has 6 heteroatoms. The summed E-state index contributed by atoms with van der Waals surface area (Å²) in [6.45, 7) is 17.0. The molecule has 0 amide bonds. The minimum Gasteiger partial charge on any atom is -0.505 e. The zero-order valence-electron chi connectivity index (χ0n) is 23.9. The fourth-order valence-corrected chi connectivity index (χ4v) is 10.5. The zero-order valence-corrected chi connectivity index (χ0v) is 23.9. The minimum atomic E-state index is -0.812. The van der Waals surface area contributed by atoms with E-state index in [4.69, 9.17) is 14.2 Å². The third kappa shape index (κ3) is 2.83. The minimum absolute atomic E-state index is 0.0208. The summed E-state index contributed by atoms with van der Waals surface area (Å²) in [6, 6.07) is 0. The topological polar surface area (TPSA) is 82.1 Å². The number of methoxy groups -OCH3 is 1. The third-order valence-electron chi connectivity index (χ3n) is 12.4. The molecule has 2 saturated carbocycles. The van der Waals surface area contributed by atoms with Crippen molar-refractivity contribution in [2.24, 2.45) is 45.3 Å². The van der Waals surface area contributed by atoms with Gasteiger partial charge in [0.05, 0.1) is 17.1 Å². The van der Waals surface area contributed by atoms with Crippen molar-refractivity contribution in [3.05, 3.63) is 23.5 Å². The molecule has 6 rings (SSSR count). The van der Waals surface area contributed by atoms with Crippen LogP contribution in [-0.2, 0) is 23.8 Å². The highest BCUT2D eigenvalue weighted by molar-refractivity contribution is 6.02. The molecule has 2 heterocycles. The van der Waals surface area contributed by atoms with E-state index < -0.39 is 16.6 Å². The number of rotatable bonds is 1. The van der Waals surface area contributed by atoms with Crippen LogP contribution >= 0.6 is 0 Å². The number of fused-ring (bicyclic) bond motifs is 8. The van der Waals surface area contributed by atoms with Crippen molar-refractivity contribution in [1.29, 1.82) is 0 Å². The summed E-state index contributed by atoms with van der Waals surface area (Å²) in [5.74, 6) is -0.836. The van der Waals surface area contributed by atoms with Gasteiger partial charge in [-0.15, -0.1) is 0 Å². The lowest BCUT2D eigenvalue weighted by Crippen LogP contribution is -2.64. The summed E-state index contributed by atoms with van der Waals surface area (Å²) < 4.78 is 19.6. The van der Waals surface area contributed by atoms with Crippen molar-refractivity contribution in [3.8, 4) is 0 Å². The largest absolute Gasteiger partial charge is 0.505 e. The Morgan fingerprint density at radius 3 is 2.35 bits per heavy atom. The number of ether oxygens (including phenoxy) is 3. The van der Waals surface area contributed by atoms with Gasteiger partial charge in [0.1, 0.15) is 11.9 Å². The van der Waals surface area contributed by atoms with E-state index in [1.807, 2.05) is 13.8 Å². The predicted molar refractivity (Wildman–Crippen MR) is 139 cm³/mol. The zero-order chi connectivity index (χ0) is 27.1. The van der Waals surface area contributed by atoms with Crippen molar-refractivity contribution in [3.63, 3.8) is 0 Å². The number of hydrogen-bond acceptors (Lipinski definition) is 6. The van der Waals surface area contributed by atoms with Gasteiger partial charge in [-0.25, -0.2) is 0 Å². The molecule has 10 unspecified atom stereocenters. The smallest absolute Gasteiger partial charge is 0.206 e. The Morgan fingerprint density at radius 2 is 1.70 bits per heavy atom. The second-order valence-electron chi connectivity index (χ2n) is 14.9. The highest BCUT2D eigenvalue weighted by Crippen LogP contribution is 2.75. The molecule has 6 nitrogen and oxygen atoms in total. The standard InChI is InChI=1S/C31H44O6/c1-16-23-20(36-31(35-9)15-26(2,3)37-25(16)31)13-28(6)21-11-10-17-18(12-19(32)24(34)27(17,4)5)30(21,8)22(33)14-29(23,28)7/h10,12,16,18,20-21,23,25,32H,11,13-15H2,1-9H3. The van der Waals surface area contributed by atoms with Gasteiger partial charge in [0.2, 0.25) is 5.78 Å². The molecule has 0 bridgehead atoms. The van der Waals surface area contributed by atoms with Gasteiger partial charge in [-0.3, -0.25) is 9.59 Å².